The Kier molecular flexibility index (Phi) is 5.14. The van der Waals surface area contributed by atoms with Gasteiger partial charge in [0.15, 0.2) is 0 Å². The van der Waals surface area contributed by atoms with E-state index in [0.717, 1.165) is 12.3 Å². The maximum atomic E-state index is 4.06. The second kappa shape index (κ2) is 6.86. The molecule has 100 valence electrons. The van der Waals surface area contributed by atoms with Crippen molar-refractivity contribution >= 4 is 0 Å². The molecule has 1 aromatic rings. The molecule has 1 fully saturated rings. The molecule has 2 unspecified atom stereocenters. The second-order valence-electron chi connectivity index (χ2n) is 5.39. The number of hydrogen-bond acceptors (Lipinski definition) is 3. The Morgan fingerprint density at radius 2 is 2.22 bits per heavy atom. The van der Waals surface area contributed by atoms with Crippen LogP contribution in [0, 0.1) is 5.92 Å². The lowest BCUT2D eigenvalue weighted by Gasteiger charge is -2.35. The average Bonchev–Trinajstić information content (AvgIpc) is 2.45. The third-order valence-electron chi connectivity index (χ3n) is 4.17. The van der Waals surface area contributed by atoms with Crippen LogP contribution in [0.5, 0.6) is 0 Å². The molecule has 3 nitrogen and oxygen atoms in total. The van der Waals surface area contributed by atoms with Crippen molar-refractivity contribution in [1.29, 1.82) is 0 Å². The van der Waals surface area contributed by atoms with Gasteiger partial charge in [-0.15, -0.1) is 0 Å². The summed E-state index contributed by atoms with van der Waals surface area (Å²) in [6.07, 6.45) is 7.62. The largest absolute Gasteiger partial charge is 0.317 e. The van der Waals surface area contributed by atoms with Crippen LogP contribution in [0.15, 0.2) is 24.5 Å². The molecular weight excluding hydrogens is 222 g/mol. The Balaban J connectivity index is 1.79. The van der Waals surface area contributed by atoms with E-state index in [1.165, 1.54) is 38.0 Å². The van der Waals surface area contributed by atoms with Gasteiger partial charge in [0.25, 0.3) is 0 Å². The first kappa shape index (κ1) is 13.5. The molecule has 1 saturated heterocycles. The van der Waals surface area contributed by atoms with Crippen molar-refractivity contribution in [3.05, 3.63) is 30.1 Å². The molecular formula is C15H25N3. The van der Waals surface area contributed by atoms with Crippen molar-refractivity contribution in [2.24, 2.45) is 5.92 Å². The van der Waals surface area contributed by atoms with E-state index in [1.807, 2.05) is 12.4 Å². The number of rotatable bonds is 5. The molecule has 0 saturated carbocycles. The number of aromatic nitrogens is 1. The third-order valence-corrected chi connectivity index (χ3v) is 4.17. The summed E-state index contributed by atoms with van der Waals surface area (Å²) >= 11 is 0. The fourth-order valence-corrected chi connectivity index (χ4v) is 2.77. The minimum absolute atomic E-state index is 0.633. The van der Waals surface area contributed by atoms with E-state index < -0.39 is 0 Å². The first-order valence-electron chi connectivity index (χ1n) is 7.08. The molecule has 0 radical (unpaired) electrons. The van der Waals surface area contributed by atoms with E-state index >= 15 is 0 Å². The summed E-state index contributed by atoms with van der Waals surface area (Å²) in [6, 6.07) is 4.88. The Bertz CT molecular complexity index is 339. The van der Waals surface area contributed by atoms with E-state index in [-0.39, 0.29) is 0 Å². The molecule has 0 aliphatic carbocycles. The van der Waals surface area contributed by atoms with Crippen LogP contribution in [0.4, 0.5) is 0 Å². The molecule has 1 aliphatic heterocycles. The molecule has 0 amide bonds. The van der Waals surface area contributed by atoms with Crippen molar-refractivity contribution < 1.29 is 0 Å². The minimum Gasteiger partial charge on any atom is -0.317 e. The van der Waals surface area contributed by atoms with Gasteiger partial charge in [-0.25, -0.2) is 0 Å². The smallest absolute Gasteiger partial charge is 0.0270 e. The molecule has 2 atom stereocenters. The zero-order valence-electron chi connectivity index (χ0n) is 11.6. The van der Waals surface area contributed by atoms with Gasteiger partial charge in [0.05, 0.1) is 0 Å². The monoisotopic (exact) mass is 247 g/mol. The molecule has 1 aromatic heterocycles. The van der Waals surface area contributed by atoms with Crippen molar-refractivity contribution in [3.63, 3.8) is 0 Å². The Labute approximate surface area is 111 Å². The van der Waals surface area contributed by atoms with Gasteiger partial charge >= 0.3 is 0 Å². The van der Waals surface area contributed by atoms with Crippen LogP contribution in [-0.4, -0.2) is 42.6 Å². The Morgan fingerprint density at radius 3 is 2.94 bits per heavy atom. The van der Waals surface area contributed by atoms with Crippen LogP contribution < -0.4 is 5.32 Å². The summed E-state index contributed by atoms with van der Waals surface area (Å²) in [5.74, 6) is 0.807. The van der Waals surface area contributed by atoms with Crippen LogP contribution in [0.2, 0.25) is 0 Å². The van der Waals surface area contributed by atoms with E-state index in [2.05, 4.69) is 41.3 Å². The van der Waals surface area contributed by atoms with E-state index in [1.54, 1.807) is 0 Å². The SMILES string of the molecule is CNC(C)C1CCCN(CCc2ccncc2)C1. The van der Waals surface area contributed by atoms with Crippen molar-refractivity contribution in [2.75, 3.05) is 26.7 Å². The lowest BCUT2D eigenvalue weighted by molar-refractivity contribution is 0.155. The molecule has 0 spiro atoms. The van der Waals surface area contributed by atoms with Crippen LogP contribution in [0.3, 0.4) is 0 Å². The second-order valence-corrected chi connectivity index (χ2v) is 5.39. The summed E-state index contributed by atoms with van der Waals surface area (Å²) in [5, 5.41) is 3.39. The predicted molar refractivity (Wildman–Crippen MR) is 75.6 cm³/mol. The number of likely N-dealkylation sites (tertiary alicyclic amines) is 1. The number of piperidine rings is 1. The number of hydrogen-bond donors (Lipinski definition) is 1. The fraction of sp³-hybridized carbons (Fsp3) is 0.667. The van der Waals surface area contributed by atoms with Crippen molar-refractivity contribution in [3.8, 4) is 0 Å². The minimum atomic E-state index is 0.633. The Hall–Kier alpha value is -0.930. The third kappa shape index (κ3) is 3.79. The highest BCUT2D eigenvalue weighted by Gasteiger charge is 2.23. The maximum absolute atomic E-state index is 4.06. The highest BCUT2D eigenvalue weighted by atomic mass is 15.1. The first-order chi connectivity index (χ1) is 8.79. The van der Waals surface area contributed by atoms with Crippen LogP contribution in [-0.2, 0) is 6.42 Å². The standard InChI is InChI=1S/C15H25N3/c1-13(16-2)15-4-3-10-18(12-15)11-7-14-5-8-17-9-6-14/h5-6,8-9,13,15-16H,3-4,7,10-12H2,1-2H3. The molecule has 18 heavy (non-hydrogen) atoms. The summed E-state index contributed by atoms with van der Waals surface area (Å²) in [6.45, 7) is 5.99. The first-order valence-corrected chi connectivity index (χ1v) is 7.08. The molecule has 2 rings (SSSR count). The van der Waals surface area contributed by atoms with E-state index in [0.29, 0.717) is 6.04 Å². The summed E-state index contributed by atoms with van der Waals surface area (Å²) in [4.78, 5) is 6.68. The van der Waals surface area contributed by atoms with Gasteiger partial charge in [0.2, 0.25) is 0 Å². The lowest BCUT2D eigenvalue weighted by atomic mass is 9.91. The molecule has 3 heteroatoms. The number of pyridine rings is 1. The Morgan fingerprint density at radius 1 is 1.44 bits per heavy atom. The highest BCUT2D eigenvalue weighted by Crippen LogP contribution is 2.19. The van der Waals surface area contributed by atoms with E-state index in [9.17, 15) is 0 Å². The number of nitrogens with one attached hydrogen (secondary N) is 1. The molecule has 1 aliphatic rings. The molecule has 1 N–H and O–H groups in total. The van der Waals surface area contributed by atoms with E-state index in [4.69, 9.17) is 0 Å². The van der Waals surface area contributed by atoms with Crippen molar-refractivity contribution in [1.82, 2.24) is 15.2 Å². The average molecular weight is 247 g/mol. The summed E-state index contributed by atoms with van der Waals surface area (Å²) in [7, 11) is 2.07. The van der Waals surface area contributed by atoms with Crippen LogP contribution >= 0.6 is 0 Å². The zero-order valence-corrected chi connectivity index (χ0v) is 11.6. The normalized spacial score (nSPS) is 22.9. The van der Waals surface area contributed by atoms with Gasteiger partial charge in [-0.1, -0.05) is 0 Å². The zero-order chi connectivity index (χ0) is 12.8. The van der Waals surface area contributed by atoms with Gasteiger partial charge in [-0.3, -0.25) is 4.98 Å². The molecule has 2 heterocycles. The highest BCUT2D eigenvalue weighted by molar-refractivity contribution is 5.09. The quantitative estimate of drug-likeness (QED) is 0.862. The van der Waals surface area contributed by atoms with Gasteiger partial charge < -0.3 is 10.2 Å². The lowest BCUT2D eigenvalue weighted by Crippen LogP contribution is -2.44. The molecule has 0 aromatic carbocycles. The van der Waals surface area contributed by atoms with Gasteiger partial charge in [0, 0.05) is 31.5 Å². The summed E-state index contributed by atoms with van der Waals surface area (Å²) in [5.41, 5.74) is 1.40. The predicted octanol–water partition coefficient (Wildman–Crippen LogP) is 1.94. The topological polar surface area (TPSA) is 28.2 Å². The van der Waals surface area contributed by atoms with Crippen LogP contribution in [0.25, 0.3) is 0 Å². The van der Waals surface area contributed by atoms with Gasteiger partial charge in [0.1, 0.15) is 0 Å². The maximum Gasteiger partial charge on any atom is 0.0270 e. The number of nitrogens with zero attached hydrogens (tertiary/aromatic N) is 2. The van der Waals surface area contributed by atoms with Crippen LogP contribution in [0.1, 0.15) is 25.3 Å². The molecule has 0 bridgehead atoms. The fourth-order valence-electron chi connectivity index (χ4n) is 2.77. The summed E-state index contributed by atoms with van der Waals surface area (Å²) < 4.78 is 0. The van der Waals surface area contributed by atoms with Crippen molar-refractivity contribution in [2.45, 2.75) is 32.2 Å². The van der Waals surface area contributed by atoms with Gasteiger partial charge in [-0.05, 0) is 63.4 Å². The van der Waals surface area contributed by atoms with Gasteiger partial charge in [-0.2, -0.15) is 0 Å².